The van der Waals surface area contributed by atoms with E-state index in [4.69, 9.17) is 5.84 Å². The predicted molar refractivity (Wildman–Crippen MR) is 84.8 cm³/mol. The highest BCUT2D eigenvalue weighted by Crippen LogP contribution is 2.19. The molecule has 2 rings (SSSR count). The Balaban J connectivity index is 1.97. The molecule has 3 amide bonds. The van der Waals surface area contributed by atoms with Gasteiger partial charge in [-0.3, -0.25) is 19.8 Å². The largest absolute Gasteiger partial charge is 0.343 e. The van der Waals surface area contributed by atoms with Crippen LogP contribution in [0.5, 0.6) is 0 Å². The molecule has 0 bridgehead atoms. The third-order valence-corrected chi connectivity index (χ3v) is 3.97. The number of nitrogens with one attached hydrogen (secondary N) is 2. The van der Waals surface area contributed by atoms with Crippen molar-refractivity contribution in [3.05, 3.63) is 35.9 Å². The molecule has 23 heavy (non-hydrogen) atoms. The van der Waals surface area contributed by atoms with E-state index < -0.39 is 18.0 Å². The molecule has 124 valence electrons. The van der Waals surface area contributed by atoms with Gasteiger partial charge in [0.1, 0.15) is 12.1 Å². The molecule has 0 spiro atoms. The molecule has 1 aliphatic heterocycles. The summed E-state index contributed by atoms with van der Waals surface area (Å²) in [5.41, 5.74) is 2.91. The van der Waals surface area contributed by atoms with E-state index in [1.807, 2.05) is 35.8 Å². The molecule has 1 aliphatic rings. The van der Waals surface area contributed by atoms with E-state index in [9.17, 15) is 14.4 Å². The minimum absolute atomic E-state index is 0.0789. The molecule has 0 saturated carbocycles. The molecule has 0 radical (unpaired) electrons. The molecule has 4 N–H and O–H groups in total. The molecule has 1 heterocycles. The third-order valence-electron chi connectivity index (χ3n) is 3.97. The molecule has 1 saturated heterocycles. The summed E-state index contributed by atoms with van der Waals surface area (Å²) in [7, 11) is 0. The van der Waals surface area contributed by atoms with Crippen LogP contribution in [0.3, 0.4) is 0 Å². The van der Waals surface area contributed by atoms with Crippen LogP contribution in [0.25, 0.3) is 0 Å². The zero-order valence-corrected chi connectivity index (χ0v) is 13.1. The molecular formula is C16H22N4O3. The first-order chi connectivity index (χ1) is 11.0. The molecule has 0 aliphatic carbocycles. The van der Waals surface area contributed by atoms with Crippen LogP contribution in [-0.2, 0) is 20.8 Å². The topological polar surface area (TPSA) is 105 Å². The van der Waals surface area contributed by atoms with Crippen LogP contribution in [0.2, 0.25) is 0 Å². The van der Waals surface area contributed by atoms with Crippen LogP contribution in [0.1, 0.15) is 25.3 Å². The molecule has 1 fully saturated rings. The number of hydrogen-bond donors (Lipinski definition) is 3. The van der Waals surface area contributed by atoms with Crippen LogP contribution in [0.15, 0.2) is 30.3 Å². The van der Waals surface area contributed by atoms with Gasteiger partial charge in [-0.05, 0) is 25.3 Å². The maximum absolute atomic E-state index is 12.5. The Kier molecular flexibility index (Phi) is 5.70. The van der Waals surface area contributed by atoms with Crippen molar-refractivity contribution >= 4 is 17.7 Å². The first-order valence-corrected chi connectivity index (χ1v) is 7.67. The van der Waals surface area contributed by atoms with Gasteiger partial charge in [0.25, 0.3) is 5.91 Å². The van der Waals surface area contributed by atoms with E-state index in [1.54, 1.807) is 11.8 Å². The number of hydrogen-bond acceptors (Lipinski definition) is 4. The lowest BCUT2D eigenvalue weighted by molar-refractivity contribution is -0.139. The highest BCUT2D eigenvalue weighted by atomic mass is 16.2. The minimum Gasteiger partial charge on any atom is -0.343 e. The van der Waals surface area contributed by atoms with Crippen molar-refractivity contribution in [3.63, 3.8) is 0 Å². The second-order valence-corrected chi connectivity index (χ2v) is 5.65. The first-order valence-electron chi connectivity index (χ1n) is 7.67. The van der Waals surface area contributed by atoms with Gasteiger partial charge in [0.05, 0.1) is 6.42 Å². The van der Waals surface area contributed by atoms with Gasteiger partial charge in [0.15, 0.2) is 0 Å². The average Bonchev–Trinajstić information content (AvgIpc) is 3.04. The Morgan fingerprint density at radius 2 is 2.00 bits per heavy atom. The predicted octanol–water partition coefficient (Wildman–Crippen LogP) is -0.285. The third kappa shape index (κ3) is 4.29. The normalized spacial score (nSPS) is 18.3. The Morgan fingerprint density at radius 3 is 2.65 bits per heavy atom. The Bertz CT molecular complexity index is 576. The molecule has 1 aromatic carbocycles. The van der Waals surface area contributed by atoms with Gasteiger partial charge < -0.3 is 10.2 Å². The van der Waals surface area contributed by atoms with E-state index in [0.717, 1.165) is 12.0 Å². The van der Waals surface area contributed by atoms with Crippen LogP contribution in [0, 0.1) is 0 Å². The fraction of sp³-hybridized carbons (Fsp3) is 0.438. The van der Waals surface area contributed by atoms with Crippen LogP contribution in [0.4, 0.5) is 0 Å². The number of rotatable bonds is 5. The Hall–Kier alpha value is -2.41. The van der Waals surface area contributed by atoms with Gasteiger partial charge in [-0.2, -0.15) is 0 Å². The fourth-order valence-corrected chi connectivity index (χ4v) is 2.71. The summed E-state index contributed by atoms with van der Waals surface area (Å²) in [4.78, 5) is 37.7. The summed E-state index contributed by atoms with van der Waals surface area (Å²) in [6.07, 6.45) is 1.64. The zero-order chi connectivity index (χ0) is 16.8. The molecule has 7 heteroatoms. The van der Waals surface area contributed by atoms with E-state index in [1.165, 1.54) is 0 Å². The van der Waals surface area contributed by atoms with Crippen LogP contribution in [-0.4, -0.2) is 41.2 Å². The monoisotopic (exact) mass is 318 g/mol. The van der Waals surface area contributed by atoms with Crippen molar-refractivity contribution in [3.8, 4) is 0 Å². The van der Waals surface area contributed by atoms with Gasteiger partial charge in [-0.15, -0.1) is 0 Å². The molecule has 1 aromatic rings. The maximum Gasteiger partial charge on any atom is 0.256 e. The summed E-state index contributed by atoms with van der Waals surface area (Å²) in [6, 6.07) is 8.16. The van der Waals surface area contributed by atoms with Gasteiger partial charge in [-0.25, -0.2) is 5.84 Å². The number of nitrogens with two attached hydrogens (primary N) is 1. The Labute approximate surface area is 135 Å². The zero-order valence-electron chi connectivity index (χ0n) is 13.1. The number of benzene rings is 1. The second-order valence-electron chi connectivity index (χ2n) is 5.65. The lowest BCUT2D eigenvalue weighted by Gasteiger charge is -2.25. The number of amides is 3. The first kappa shape index (κ1) is 17.0. The van der Waals surface area contributed by atoms with E-state index in [2.05, 4.69) is 5.32 Å². The van der Waals surface area contributed by atoms with E-state index >= 15 is 0 Å². The van der Waals surface area contributed by atoms with Crippen molar-refractivity contribution in [1.82, 2.24) is 15.6 Å². The number of hydrazine groups is 1. The van der Waals surface area contributed by atoms with Crippen molar-refractivity contribution in [2.45, 2.75) is 38.3 Å². The molecule has 2 atom stereocenters. The highest BCUT2D eigenvalue weighted by molar-refractivity contribution is 5.92. The highest BCUT2D eigenvalue weighted by Gasteiger charge is 2.34. The minimum atomic E-state index is -0.737. The van der Waals surface area contributed by atoms with Crippen molar-refractivity contribution in [1.29, 1.82) is 0 Å². The second kappa shape index (κ2) is 7.73. The molecule has 0 aromatic heterocycles. The van der Waals surface area contributed by atoms with Gasteiger partial charge in [-0.1, -0.05) is 30.3 Å². The van der Waals surface area contributed by atoms with Crippen molar-refractivity contribution in [2.75, 3.05) is 6.54 Å². The number of carbonyl (C=O) groups excluding carboxylic acids is 3. The molecule has 0 unspecified atom stereocenters. The smallest absolute Gasteiger partial charge is 0.256 e. The van der Waals surface area contributed by atoms with Crippen LogP contribution >= 0.6 is 0 Å². The summed E-state index contributed by atoms with van der Waals surface area (Å²) in [5.74, 6) is 4.18. The van der Waals surface area contributed by atoms with Crippen molar-refractivity contribution < 1.29 is 14.4 Å². The lowest BCUT2D eigenvalue weighted by Crippen LogP contribution is -2.53. The quantitative estimate of drug-likeness (QED) is 0.394. The summed E-state index contributed by atoms with van der Waals surface area (Å²) < 4.78 is 0. The number of nitrogens with zero attached hydrogens (tertiary/aromatic N) is 1. The fourth-order valence-electron chi connectivity index (χ4n) is 2.71. The summed E-state index contributed by atoms with van der Waals surface area (Å²) in [6.45, 7) is 2.10. The summed E-state index contributed by atoms with van der Waals surface area (Å²) in [5, 5.41) is 2.60. The number of carbonyl (C=O) groups is 3. The van der Waals surface area contributed by atoms with E-state index in [0.29, 0.717) is 13.0 Å². The SMILES string of the molecule is C[C@H](NC(=O)[C@@H]1CCCN1C(=O)Cc1ccccc1)C(=O)NN. The maximum atomic E-state index is 12.5. The average molecular weight is 318 g/mol. The standard InChI is InChI=1S/C16H22N4O3/c1-11(15(22)19-17)18-16(23)13-8-5-9-20(13)14(21)10-12-6-3-2-4-7-12/h2-4,6-7,11,13H,5,8-10,17H2,1H3,(H,18,23)(H,19,22)/t11-,13-/m0/s1. The lowest BCUT2D eigenvalue weighted by atomic mass is 10.1. The molecular weight excluding hydrogens is 296 g/mol. The van der Waals surface area contributed by atoms with Crippen molar-refractivity contribution in [2.24, 2.45) is 5.84 Å². The van der Waals surface area contributed by atoms with Gasteiger partial charge >= 0.3 is 0 Å². The van der Waals surface area contributed by atoms with E-state index in [-0.39, 0.29) is 18.2 Å². The molecule has 7 nitrogen and oxygen atoms in total. The summed E-state index contributed by atoms with van der Waals surface area (Å²) >= 11 is 0. The van der Waals surface area contributed by atoms with Gasteiger partial charge in [0, 0.05) is 6.54 Å². The van der Waals surface area contributed by atoms with Crippen LogP contribution < -0.4 is 16.6 Å². The Morgan fingerprint density at radius 1 is 1.30 bits per heavy atom. The van der Waals surface area contributed by atoms with Gasteiger partial charge in [0.2, 0.25) is 11.8 Å². The number of likely N-dealkylation sites (tertiary alicyclic amines) is 1.